The molecule has 0 aliphatic heterocycles. The van der Waals surface area contributed by atoms with E-state index in [-0.39, 0.29) is 0 Å². The minimum atomic E-state index is 0.311. The summed E-state index contributed by atoms with van der Waals surface area (Å²) in [5.74, 6) is 4.28. The second-order valence-electron chi connectivity index (χ2n) is 9.70. The van der Waals surface area contributed by atoms with E-state index in [0.29, 0.717) is 11.8 Å². The van der Waals surface area contributed by atoms with E-state index in [4.69, 9.17) is 9.47 Å². The molecule has 0 amide bonds. The topological polar surface area (TPSA) is 18.5 Å². The van der Waals surface area contributed by atoms with Gasteiger partial charge in [0.1, 0.15) is 23.0 Å². The highest BCUT2D eigenvalue weighted by Crippen LogP contribution is 2.36. The Hall–Kier alpha value is -3.52. The van der Waals surface area contributed by atoms with Gasteiger partial charge in [0.25, 0.3) is 0 Å². The van der Waals surface area contributed by atoms with Crippen LogP contribution in [0.2, 0.25) is 0 Å². The third kappa shape index (κ3) is 5.95. The summed E-state index contributed by atoms with van der Waals surface area (Å²) < 4.78 is 12.2. The quantitative estimate of drug-likeness (QED) is 0.258. The Labute approximate surface area is 210 Å². The van der Waals surface area contributed by atoms with Gasteiger partial charge in [-0.1, -0.05) is 56.7 Å². The van der Waals surface area contributed by atoms with Crippen LogP contribution in [0, 0.1) is 33.6 Å². The van der Waals surface area contributed by atoms with Crippen LogP contribution in [0.25, 0.3) is 0 Å². The first-order chi connectivity index (χ1) is 16.8. The van der Waals surface area contributed by atoms with Gasteiger partial charge in [-0.25, -0.2) is 0 Å². The van der Waals surface area contributed by atoms with Crippen LogP contribution in [0.5, 0.6) is 23.0 Å². The van der Waals surface area contributed by atoms with E-state index >= 15 is 0 Å². The zero-order chi connectivity index (χ0) is 24.9. The number of rotatable bonds is 8. The smallest absolute Gasteiger partial charge is 0.127 e. The number of hydrogen-bond acceptors (Lipinski definition) is 2. The molecule has 0 fully saturated rings. The molecule has 0 heterocycles. The van der Waals surface area contributed by atoms with Crippen molar-refractivity contribution in [2.24, 2.45) is 5.92 Å². The van der Waals surface area contributed by atoms with Crippen LogP contribution in [0.3, 0.4) is 0 Å². The average molecular weight is 465 g/mol. The summed E-state index contributed by atoms with van der Waals surface area (Å²) in [6.45, 7) is 13.0. The summed E-state index contributed by atoms with van der Waals surface area (Å²) in [7, 11) is 0. The van der Waals surface area contributed by atoms with Crippen molar-refractivity contribution in [2.45, 2.75) is 53.9 Å². The molecular formula is C33H36O2. The van der Waals surface area contributed by atoms with E-state index in [1.165, 1.54) is 33.4 Å². The van der Waals surface area contributed by atoms with Gasteiger partial charge in [-0.05, 0) is 116 Å². The Morgan fingerprint density at radius 1 is 0.514 bits per heavy atom. The molecule has 0 spiro atoms. The SMILES string of the molecule is CCC(C)C(c1ccc(Oc2ccc(C)c(C)c2)cc1)c1ccc(Oc2ccc(C)c(C)c2)cc1. The summed E-state index contributed by atoms with van der Waals surface area (Å²) in [5, 5.41) is 0. The van der Waals surface area contributed by atoms with Gasteiger partial charge >= 0.3 is 0 Å². The number of benzene rings is 4. The predicted molar refractivity (Wildman–Crippen MR) is 146 cm³/mol. The zero-order valence-electron chi connectivity index (χ0n) is 21.8. The molecule has 0 saturated heterocycles. The molecule has 1 atom stereocenters. The van der Waals surface area contributed by atoms with Gasteiger partial charge in [-0.3, -0.25) is 0 Å². The van der Waals surface area contributed by atoms with Crippen LogP contribution in [0.4, 0.5) is 0 Å². The monoisotopic (exact) mass is 464 g/mol. The van der Waals surface area contributed by atoms with E-state index in [1.54, 1.807) is 0 Å². The predicted octanol–water partition coefficient (Wildman–Crippen LogP) is 9.68. The lowest BCUT2D eigenvalue weighted by Crippen LogP contribution is -2.10. The molecule has 4 aromatic rings. The van der Waals surface area contributed by atoms with Crippen LogP contribution in [-0.2, 0) is 0 Å². The third-order valence-electron chi connectivity index (χ3n) is 7.12. The summed E-state index contributed by atoms with van der Waals surface area (Å²) in [5.41, 5.74) is 7.62. The molecule has 0 aromatic heterocycles. The Morgan fingerprint density at radius 2 is 0.886 bits per heavy atom. The lowest BCUT2D eigenvalue weighted by molar-refractivity contribution is 0.475. The van der Waals surface area contributed by atoms with Crippen molar-refractivity contribution in [2.75, 3.05) is 0 Å². The molecule has 0 aliphatic carbocycles. The van der Waals surface area contributed by atoms with Crippen molar-refractivity contribution >= 4 is 0 Å². The number of hydrogen-bond donors (Lipinski definition) is 0. The minimum Gasteiger partial charge on any atom is -0.457 e. The Morgan fingerprint density at radius 3 is 1.23 bits per heavy atom. The fourth-order valence-corrected chi connectivity index (χ4v) is 4.40. The molecule has 0 saturated carbocycles. The molecule has 4 rings (SSSR count). The number of aryl methyl sites for hydroxylation is 4. The Balaban J connectivity index is 1.52. The molecule has 0 bridgehead atoms. The van der Waals surface area contributed by atoms with E-state index < -0.39 is 0 Å². The normalized spacial score (nSPS) is 12.0. The van der Waals surface area contributed by atoms with Gasteiger partial charge < -0.3 is 9.47 Å². The maximum Gasteiger partial charge on any atom is 0.127 e. The molecule has 4 aromatic carbocycles. The Bertz CT molecular complexity index is 1170. The molecule has 0 aliphatic rings. The van der Waals surface area contributed by atoms with Crippen LogP contribution < -0.4 is 9.47 Å². The lowest BCUT2D eigenvalue weighted by Gasteiger charge is -2.24. The molecule has 1 unspecified atom stereocenters. The first-order valence-corrected chi connectivity index (χ1v) is 12.5. The molecular weight excluding hydrogens is 428 g/mol. The van der Waals surface area contributed by atoms with Gasteiger partial charge in [-0.2, -0.15) is 0 Å². The molecule has 180 valence electrons. The van der Waals surface area contributed by atoms with E-state index in [2.05, 4.69) is 114 Å². The van der Waals surface area contributed by atoms with E-state index in [0.717, 1.165) is 29.4 Å². The van der Waals surface area contributed by atoms with Crippen LogP contribution >= 0.6 is 0 Å². The van der Waals surface area contributed by atoms with Crippen molar-refractivity contribution in [1.29, 1.82) is 0 Å². The summed E-state index contributed by atoms with van der Waals surface area (Å²) in [6.07, 6.45) is 1.10. The maximum absolute atomic E-state index is 6.11. The van der Waals surface area contributed by atoms with Crippen molar-refractivity contribution in [1.82, 2.24) is 0 Å². The van der Waals surface area contributed by atoms with Gasteiger partial charge in [0.05, 0.1) is 0 Å². The van der Waals surface area contributed by atoms with Crippen molar-refractivity contribution < 1.29 is 9.47 Å². The van der Waals surface area contributed by atoms with Crippen molar-refractivity contribution in [3.63, 3.8) is 0 Å². The molecule has 0 N–H and O–H groups in total. The summed E-state index contributed by atoms with van der Waals surface area (Å²) in [6, 6.07) is 29.6. The Kier molecular flexibility index (Phi) is 7.60. The molecule has 35 heavy (non-hydrogen) atoms. The molecule has 2 heteroatoms. The highest BCUT2D eigenvalue weighted by atomic mass is 16.5. The van der Waals surface area contributed by atoms with Crippen molar-refractivity contribution in [3.8, 4) is 23.0 Å². The largest absolute Gasteiger partial charge is 0.457 e. The third-order valence-corrected chi connectivity index (χ3v) is 7.12. The van der Waals surface area contributed by atoms with Crippen LogP contribution in [0.15, 0.2) is 84.9 Å². The van der Waals surface area contributed by atoms with Crippen LogP contribution in [-0.4, -0.2) is 0 Å². The standard InChI is InChI=1S/C33H36O2/c1-7-22(2)33(27-10-16-29(17-11-27)34-31-14-8-23(3)25(5)20-31)28-12-18-30(19-13-28)35-32-15-9-24(4)26(6)21-32/h8-22,33H,7H2,1-6H3. The number of ether oxygens (including phenoxy) is 2. The molecule has 0 radical (unpaired) electrons. The minimum absolute atomic E-state index is 0.311. The average Bonchev–Trinajstić information content (AvgIpc) is 2.86. The van der Waals surface area contributed by atoms with Gasteiger partial charge in [0, 0.05) is 5.92 Å². The maximum atomic E-state index is 6.11. The highest BCUT2D eigenvalue weighted by Gasteiger charge is 2.20. The fraction of sp³-hybridized carbons (Fsp3) is 0.273. The summed E-state index contributed by atoms with van der Waals surface area (Å²) in [4.78, 5) is 0. The van der Waals surface area contributed by atoms with Crippen LogP contribution in [0.1, 0.15) is 59.6 Å². The van der Waals surface area contributed by atoms with E-state index in [9.17, 15) is 0 Å². The van der Waals surface area contributed by atoms with Crippen molar-refractivity contribution in [3.05, 3.63) is 118 Å². The second-order valence-corrected chi connectivity index (χ2v) is 9.70. The van der Waals surface area contributed by atoms with Gasteiger partial charge in [-0.15, -0.1) is 0 Å². The van der Waals surface area contributed by atoms with Gasteiger partial charge in [0.15, 0.2) is 0 Å². The van der Waals surface area contributed by atoms with Gasteiger partial charge in [0.2, 0.25) is 0 Å². The lowest BCUT2D eigenvalue weighted by atomic mass is 9.80. The molecule has 2 nitrogen and oxygen atoms in total. The summed E-state index contributed by atoms with van der Waals surface area (Å²) >= 11 is 0. The zero-order valence-corrected chi connectivity index (χ0v) is 21.8. The first kappa shape index (κ1) is 24.6. The second kappa shape index (κ2) is 10.8. The highest BCUT2D eigenvalue weighted by molar-refractivity contribution is 5.43. The van der Waals surface area contributed by atoms with E-state index in [1.807, 2.05) is 12.1 Å². The fourth-order valence-electron chi connectivity index (χ4n) is 4.40. The first-order valence-electron chi connectivity index (χ1n) is 12.5.